The summed E-state index contributed by atoms with van der Waals surface area (Å²) in [5, 5.41) is 0. The van der Waals surface area contributed by atoms with E-state index in [1.165, 1.54) is 12.1 Å². The second-order valence-electron chi connectivity index (χ2n) is 6.78. The fourth-order valence-corrected chi connectivity index (χ4v) is 3.24. The molecule has 25 heavy (non-hydrogen) atoms. The lowest BCUT2D eigenvalue weighted by Gasteiger charge is -2.35. The molecule has 0 radical (unpaired) electrons. The summed E-state index contributed by atoms with van der Waals surface area (Å²) in [7, 11) is 0. The zero-order valence-corrected chi connectivity index (χ0v) is 14.9. The number of benzene rings is 1. The Morgan fingerprint density at radius 3 is 2.64 bits per heavy atom. The van der Waals surface area contributed by atoms with Crippen LogP contribution in [0.1, 0.15) is 35.9 Å². The van der Waals surface area contributed by atoms with Gasteiger partial charge >= 0.3 is 0 Å². The van der Waals surface area contributed by atoms with Crippen LogP contribution in [0.15, 0.2) is 36.7 Å². The van der Waals surface area contributed by atoms with Gasteiger partial charge in [-0.05, 0) is 18.2 Å². The molecular formula is C19H25FN4O. The highest BCUT2D eigenvalue weighted by atomic mass is 19.1. The molecule has 2 heterocycles. The van der Waals surface area contributed by atoms with E-state index in [0.29, 0.717) is 24.6 Å². The van der Waals surface area contributed by atoms with Crippen LogP contribution in [0.3, 0.4) is 0 Å². The van der Waals surface area contributed by atoms with E-state index >= 15 is 0 Å². The van der Waals surface area contributed by atoms with Crippen LogP contribution in [0.5, 0.6) is 0 Å². The normalized spacial score (nSPS) is 15.8. The van der Waals surface area contributed by atoms with Gasteiger partial charge in [0.1, 0.15) is 11.6 Å². The Morgan fingerprint density at radius 2 is 1.96 bits per heavy atom. The summed E-state index contributed by atoms with van der Waals surface area (Å²) in [4.78, 5) is 21.0. The molecule has 0 unspecified atom stereocenters. The summed E-state index contributed by atoms with van der Waals surface area (Å²) in [6, 6.07) is 5.91. The Morgan fingerprint density at radius 1 is 1.20 bits per heavy atom. The van der Waals surface area contributed by atoms with Crippen molar-refractivity contribution in [2.24, 2.45) is 0 Å². The van der Waals surface area contributed by atoms with Crippen LogP contribution in [-0.4, -0.2) is 58.0 Å². The van der Waals surface area contributed by atoms with Crippen LogP contribution < -0.4 is 0 Å². The second kappa shape index (κ2) is 7.78. The third kappa shape index (κ3) is 4.25. The topological polar surface area (TPSA) is 41.4 Å². The summed E-state index contributed by atoms with van der Waals surface area (Å²) in [6.45, 7) is 9.18. The summed E-state index contributed by atoms with van der Waals surface area (Å²) in [5.74, 6) is 1.07. The van der Waals surface area contributed by atoms with Gasteiger partial charge in [0.05, 0.1) is 0 Å². The summed E-state index contributed by atoms with van der Waals surface area (Å²) < 4.78 is 15.5. The molecule has 5 nitrogen and oxygen atoms in total. The highest BCUT2D eigenvalue weighted by Gasteiger charge is 2.22. The number of hydrogen-bond acceptors (Lipinski definition) is 3. The average Bonchev–Trinajstić information content (AvgIpc) is 3.09. The number of imidazole rings is 1. The highest BCUT2D eigenvalue weighted by Crippen LogP contribution is 2.13. The van der Waals surface area contributed by atoms with Crippen molar-refractivity contribution in [2.45, 2.75) is 26.3 Å². The minimum atomic E-state index is -0.370. The quantitative estimate of drug-likeness (QED) is 0.837. The lowest BCUT2D eigenvalue weighted by Crippen LogP contribution is -2.49. The molecule has 1 fully saturated rings. The van der Waals surface area contributed by atoms with E-state index < -0.39 is 0 Å². The summed E-state index contributed by atoms with van der Waals surface area (Å²) in [6.07, 6.45) is 3.88. The van der Waals surface area contributed by atoms with Gasteiger partial charge < -0.3 is 9.47 Å². The molecule has 2 aromatic rings. The van der Waals surface area contributed by atoms with E-state index in [1.54, 1.807) is 12.1 Å². The molecular weight excluding hydrogens is 319 g/mol. The van der Waals surface area contributed by atoms with Crippen molar-refractivity contribution in [3.05, 3.63) is 53.9 Å². The number of rotatable bonds is 5. The maximum atomic E-state index is 13.3. The number of nitrogens with zero attached hydrogens (tertiary/aromatic N) is 4. The van der Waals surface area contributed by atoms with E-state index in [9.17, 15) is 9.18 Å². The molecule has 0 atom stereocenters. The van der Waals surface area contributed by atoms with E-state index in [2.05, 4.69) is 28.3 Å². The Hall–Kier alpha value is -2.21. The minimum absolute atomic E-state index is 0.0872. The lowest BCUT2D eigenvalue weighted by atomic mass is 10.1. The third-order valence-electron chi connectivity index (χ3n) is 4.65. The van der Waals surface area contributed by atoms with Crippen LogP contribution in [0.25, 0.3) is 0 Å². The van der Waals surface area contributed by atoms with Gasteiger partial charge in [0.25, 0.3) is 5.91 Å². The average molecular weight is 344 g/mol. The van der Waals surface area contributed by atoms with Crippen molar-refractivity contribution in [3.63, 3.8) is 0 Å². The first kappa shape index (κ1) is 17.6. The second-order valence-corrected chi connectivity index (χ2v) is 6.78. The maximum absolute atomic E-state index is 13.3. The van der Waals surface area contributed by atoms with E-state index in [1.807, 2.05) is 17.3 Å². The minimum Gasteiger partial charge on any atom is -0.336 e. The Labute approximate surface area is 148 Å². The number of carbonyl (C=O) groups is 1. The van der Waals surface area contributed by atoms with Crippen LogP contribution >= 0.6 is 0 Å². The highest BCUT2D eigenvalue weighted by molar-refractivity contribution is 5.94. The zero-order valence-electron chi connectivity index (χ0n) is 14.9. The van der Waals surface area contributed by atoms with Crippen LogP contribution in [0, 0.1) is 5.82 Å². The molecule has 3 rings (SSSR count). The first-order chi connectivity index (χ1) is 12.0. The lowest BCUT2D eigenvalue weighted by molar-refractivity contribution is 0.0632. The molecule has 1 aliphatic rings. The summed E-state index contributed by atoms with van der Waals surface area (Å²) >= 11 is 0. The van der Waals surface area contributed by atoms with Gasteiger partial charge in [-0.1, -0.05) is 19.9 Å². The van der Waals surface area contributed by atoms with E-state index in [4.69, 9.17) is 0 Å². The van der Waals surface area contributed by atoms with E-state index in [0.717, 1.165) is 32.0 Å². The van der Waals surface area contributed by atoms with Crippen molar-refractivity contribution in [2.75, 3.05) is 32.7 Å². The van der Waals surface area contributed by atoms with E-state index in [-0.39, 0.29) is 11.7 Å². The van der Waals surface area contributed by atoms with Gasteiger partial charge in [0.15, 0.2) is 0 Å². The number of carbonyl (C=O) groups excluding carboxylic acids is 1. The zero-order chi connectivity index (χ0) is 17.8. The molecule has 134 valence electrons. The number of halogens is 1. The Bertz CT molecular complexity index is 720. The number of amides is 1. The van der Waals surface area contributed by atoms with Gasteiger partial charge in [0, 0.05) is 63.1 Å². The van der Waals surface area contributed by atoms with Crippen molar-refractivity contribution < 1.29 is 9.18 Å². The number of hydrogen-bond donors (Lipinski definition) is 0. The maximum Gasteiger partial charge on any atom is 0.254 e. The van der Waals surface area contributed by atoms with Gasteiger partial charge in [-0.25, -0.2) is 9.37 Å². The fraction of sp³-hybridized carbons (Fsp3) is 0.474. The van der Waals surface area contributed by atoms with Gasteiger partial charge in [-0.3, -0.25) is 9.69 Å². The molecule has 1 saturated heterocycles. The van der Waals surface area contributed by atoms with Crippen LogP contribution in [-0.2, 0) is 6.54 Å². The predicted octanol–water partition coefficient (Wildman–Crippen LogP) is 2.60. The van der Waals surface area contributed by atoms with Crippen LogP contribution in [0.2, 0.25) is 0 Å². The molecule has 0 N–H and O–H groups in total. The monoisotopic (exact) mass is 344 g/mol. The van der Waals surface area contributed by atoms with Crippen molar-refractivity contribution in [3.8, 4) is 0 Å². The Kier molecular flexibility index (Phi) is 5.48. The molecule has 1 aromatic heterocycles. The molecule has 0 bridgehead atoms. The number of piperazine rings is 1. The largest absolute Gasteiger partial charge is 0.336 e. The van der Waals surface area contributed by atoms with Gasteiger partial charge in [-0.15, -0.1) is 0 Å². The molecule has 6 heteroatoms. The summed E-state index contributed by atoms with van der Waals surface area (Å²) in [5.41, 5.74) is 0.424. The van der Waals surface area contributed by atoms with Crippen molar-refractivity contribution in [1.82, 2.24) is 19.4 Å². The fourth-order valence-electron chi connectivity index (χ4n) is 3.24. The van der Waals surface area contributed by atoms with Crippen molar-refractivity contribution >= 4 is 5.91 Å². The molecule has 0 spiro atoms. The van der Waals surface area contributed by atoms with Gasteiger partial charge in [0.2, 0.25) is 0 Å². The molecule has 1 aliphatic heterocycles. The first-order valence-electron chi connectivity index (χ1n) is 8.83. The SMILES string of the molecule is CC(C)c1nccn1CCN1CCN(C(=O)c2cccc(F)c2)CC1. The smallest absolute Gasteiger partial charge is 0.254 e. The van der Waals surface area contributed by atoms with Gasteiger partial charge in [-0.2, -0.15) is 0 Å². The van der Waals surface area contributed by atoms with Crippen LogP contribution in [0.4, 0.5) is 4.39 Å². The Balaban J connectivity index is 1.50. The number of aromatic nitrogens is 2. The molecule has 0 saturated carbocycles. The third-order valence-corrected chi connectivity index (χ3v) is 4.65. The molecule has 1 amide bonds. The standard InChI is InChI=1S/C19H25FN4O/c1-15(2)18-21-6-7-23(18)11-8-22-9-12-24(13-10-22)19(25)16-4-3-5-17(20)14-16/h3-7,14-15H,8-13H2,1-2H3. The van der Waals surface area contributed by atoms with Crippen molar-refractivity contribution in [1.29, 1.82) is 0 Å². The first-order valence-corrected chi connectivity index (χ1v) is 8.83. The molecule has 0 aliphatic carbocycles. The predicted molar refractivity (Wildman–Crippen MR) is 95.1 cm³/mol. The molecule has 1 aromatic carbocycles.